The summed E-state index contributed by atoms with van der Waals surface area (Å²) in [7, 11) is 8.87. The molecule has 0 fully saturated rings. The van der Waals surface area contributed by atoms with Crippen molar-refractivity contribution in [1.82, 2.24) is 0 Å². The summed E-state index contributed by atoms with van der Waals surface area (Å²) in [4.78, 5) is 13.2. The molecule has 0 bridgehead atoms. The van der Waals surface area contributed by atoms with E-state index in [1.807, 2.05) is 0 Å². The number of hydrogen-bond donors (Lipinski definition) is 0. The molecule has 0 aliphatic heterocycles. The van der Waals surface area contributed by atoms with Crippen molar-refractivity contribution in [3.05, 3.63) is 34.5 Å². The highest BCUT2D eigenvalue weighted by Crippen LogP contribution is 2.45. The maximum atomic E-state index is 13.2. The summed E-state index contributed by atoms with van der Waals surface area (Å²) in [6.07, 6.45) is 0. The molecule has 1 aromatic heterocycles. The monoisotopic (exact) mass is 402 g/mol. The fourth-order valence-corrected chi connectivity index (χ4v) is 3.13. The molecule has 0 unspecified atom stereocenters. The molecule has 0 saturated carbocycles. The fraction of sp³-hybridized carbons (Fsp3) is 0.286. The van der Waals surface area contributed by atoms with E-state index in [2.05, 4.69) is 0 Å². The second-order valence-electron chi connectivity index (χ2n) is 5.89. The standard InChI is InChI=1S/C21H22O8/c1-23-13-8-7-11(9-14(13)24-2)17-20(27-5)16(22)12-10-15(25-3)19(26-4)21(28-6)18(12)29-17/h7-10H,1-6H3. The Morgan fingerprint density at radius 2 is 1.28 bits per heavy atom. The summed E-state index contributed by atoms with van der Waals surface area (Å²) in [5.41, 5.74) is 0.397. The molecule has 0 amide bonds. The zero-order valence-electron chi connectivity index (χ0n) is 17.1. The van der Waals surface area contributed by atoms with E-state index < -0.39 is 0 Å². The lowest BCUT2D eigenvalue weighted by atomic mass is 10.1. The van der Waals surface area contributed by atoms with Crippen LogP contribution in [0.3, 0.4) is 0 Å². The molecule has 1 heterocycles. The SMILES string of the molecule is COc1ccc(-c2oc3c(OC)c(OC)c(OC)cc3c(=O)c2OC)cc1OC. The van der Waals surface area contributed by atoms with Gasteiger partial charge < -0.3 is 32.8 Å². The van der Waals surface area contributed by atoms with Crippen molar-refractivity contribution in [2.75, 3.05) is 42.7 Å². The average molecular weight is 402 g/mol. The number of benzene rings is 2. The largest absolute Gasteiger partial charge is 0.493 e. The van der Waals surface area contributed by atoms with Gasteiger partial charge in [-0.25, -0.2) is 0 Å². The van der Waals surface area contributed by atoms with E-state index in [0.717, 1.165) is 0 Å². The third-order valence-electron chi connectivity index (χ3n) is 4.50. The van der Waals surface area contributed by atoms with Crippen LogP contribution in [0.1, 0.15) is 0 Å². The molecule has 29 heavy (non-hydrogen) atoms. The number of fused-ring (bicyclic) bond motifs is 1. The Hall–Kier alpha value is -3.55. The molecule has 0 spiro atoms. The van der Waals surface area contributed by atoms with E-state index >= 15 is 0 Å². The van der Waals surface area contributed by atoms with Gasteiger partial charge in [-0.05, 0) is 24.3 Å². The molecule has 3 aromatic rings. The van der Waals surface area contributed by atoms with Crippen LogP contribution in [0.2, 0.25) is 0 Å². The predicted octanol–water partition coefficient (Wildman–Crippen LogP) is 3.51. The number of hydrogen-bond acceptors (Lipinski definition) is 8. The first-order valence-electron chi connectivity index (χ1n) is 8.60. The van der Waals surface area contributed by atoms with Gasteiger partial charge in [-0.15, -0.1) is 0 Å². The molecule has 154 valence electrons. The third kappa shape index (κ3) is 3.26. The zero-order valence-corrected chi connectivity index (χ0v) is 17.1. The van der Waals surface area contributed by atoms with E-state index in [4.69, 9.17) is 32.8 Å². The van der Waals surface area contributed by atoms with E-state index in [-0.39, 0.29) is 33.7 Å². The summed E-state index contributed by atoms with van der Waals surface area (Å²) in [6, 6.07) is 6.67. The predicted molar refractivity (Wildman–Crippen MR) is 107 cm³/mol. The molecule has 0 radical (unpaired) electrons. The maximum Gasteiger partial charge on any atom is 0.235 e. The van der Waals surface area contributed by atoms with Crippen LogP contribution in [0, 0.1) is 0 Å². The first kappa shape index (κ1) is 20.2. The lowest BCUT2D eigenvalue weighted by molar-refractivity contribution is 0.323. The molecular weight excluding hydrogens is 380 g/mol. The maximum absolute atomic E-state index is 13.2. The van der Waals surface area contributed by atoms with Crippen molar-refractivity contribution in [2.24, 2.45) is 0 Å². The minimum atomic E-state index is -0.377. The molecule has 0 aliphatic carbocycles. The molecule has 8 nitrogen and oxygen atoms in total. The molecular formula is C21H22O8. The molecule has 2 aromatic carbocycles. The molecule has 0 aliphatic rings. The highest BCUT2D eigenvalue weighted by atomic mass is 16.5. The van der Waals surface area contributed by atoms with Gasteiger partial charge in [0.15, 0.2) is 28.6 Å². The number of rotatable bonds is 7. The summed E-state index contributed by atoms with van der Waals surface area (Å²) < 4.78 is 38.3. The van der Waals surface area contributed by atoms with E-state index in [9.17, 15) is 4.79 Å². The van der Waals surface area contributed by atoms with Gasteiger partial charge in [-0.2, -0.15) is 0 Å². The highest BCUT2D eigenvalue weighted by Gasteiger charge is 2.25. The van der Waals surface area contributed by atoms with Crippen molar-refractivity contribution in [3.63, 3.8) is 0 Å². The average Bonchev–Trinajstić information content (AvgIpc) is 2.76. The molecule has 8 heteroatoms. The minimum absolute atomic E-state index is 0.0407. The van der Waals surface area contributed by atoms with Gasteiger partial charge in [0.25, 0.3) is 0 Å². The van der Waals surface area contributed by atoms with Crippen LogP contribution in [-0.2, 0) is 0 Å². The smallest absolute Gasteiger partial charge is 0.235 e. The van der Waals surface area contributed by atoms with Crippen LogP contribution in [0.5, 0.6) is 34.5 Å². The third-order valence-corrected chi connectivity index (χ3v) is 4.50. The minimum Gasteiger partial charge on any atom is -0.493 e. The Bertz CT molecular complexity index is 1100. The quantitative estimate of drug-likeness (QED) is 0.594. The molecule has 0 saturated heterocycles. The van der Waals surface area contributed by atoms with E-state index in [0.29, 0.717) is 28.6 Å². The second-order valence-corrected chi connectivity index (χ2v) is 5.89. The Labute approximate surface area is 167 Å². The first-order chi connectivity index (χ1) is 14.0. The highest BCUT2D eigenvalue weighted by molar-refractivity contribution is 5.91. The van der Waals surface area contributed by atoms with Crippen LogP contribution in [-0.4, -0.2) is 42.7 Å². The van der Waals surface area contributed by atoms with Gasteiger partial charge in [0.1, 0.15) is 0 Å². The van der Waals surface area contributed by atoms with E-state index in [1.54, 1.807) is 25.3 Å². The Morgan fingerprint density at radius 3 is 1.83 bits per heavy atom. The Balaban J connectivity index is 2.41. The van der Waals surface area contributed by atoms with Crippen LogP contribution in [0.4, 0.5) is 0 Å². The van der Waals surface area contributed by atoms with Crippen molar-refractivity contribution < 1.29 is 32.8 Å². The van der Waals surface area contributed by atoms with Crippen LogP contribution < -0.4 is 33.8 Å². The second kappa shape index (κ2) is 8.22. The number of ether oxygens (including phenoxy) is 6. The lowest BCUT2D eigenvalue weighted by Gasteiger charge is -2.16. The van der Waals surface area contributed by atoms with Gasteiger partial charge in [0.2, 0.25) is 22.7 Å². The van der Waals surface area contributed by atoms with Gasteiger partial charge in [-0.3, -0.25) is 4.79 Å². The topological polar surface area (TPSA) is 85.6 Å². The first-order valence-corrected chi connectivity index (χ1v) is 8.60. The van der Waals surface area contributed by atoms with Crippen molar-refractivity contribution in [3.8, 4) is 45.8 Å². The summed E-state index contributed by atoms with van der Waals surface area (Å²) in [5, 5.41) is 0.237. The van der Waals surface area contributed by atoms with Crippen LogP contribution in [0.15, 0.2) is 33.5 Å². The normalized spacial score (nSPS) is 10.6. The van der Waals surface area contributed by atoms with Gasteiger partial charge in [0.05, 0.1) is 48.0 Å². The summed E-state index contributed by atoms with van der Waals surface area (Å²) in [6.45, 7) is 0. The fourth-order valence-electron chi connectivity index (χ4n) is 3.13. The summed E-state index contributed by atoms with van der Waals surface area (Å²) in [5.74, 6) is 2.18. The number of methoxy groups -OCH3 is 6. The summed E-state index contributed by atoms with van der Waals surface area (Å²) >= 11 is 0. The van der Waals surface area contributed by atoms with Crippen LogP contribution in [0.25, 0.3) is 22.3 Å². The van der Waals surface area contributed by atoms with E-state index in [1.165, 1.54) is 41.6 Å². The van der Waals surface area contributed by atoms with Crippen molar-refractivity contribution in [2.45, 2.75) is 0 Å². The molecule has 0 N–H and O–H groups in total. The van der Waals surface area contributed by atoms with Crippen molar-refractivity contribution >= 4 is 11.0 Å². The van der Waals surface area contributed by atoms with Gasteiger partial charge in [-0.1, -0.05) is 0 Å². The van der Waals surface area contributed by atoms with Gasteiger partial charge in [0, 0.05) is 5.56 Å². The van der Waals surface area contributed by atoms with Crippen LogP contribution >= 0.6 is 0 Å². The Kier molecular flexibility index (Phi) is 5.72. The zero-order chi connectivity index (χ0) is 21.1. The Morgan fingerprint density at radius 1 is 0.655 bits per heavy atom. The van der Waals surface area contributed by atoms with Crippen molar-refractivity contribution in [1.29, 1.82) is 0 Å². The molecule has 0 atom stereocenters. The molecule has 3 rings (SSSR count). The lowest BCUT2D eigenvalue weighted by Crippen LogP contribution is -2.09. The van der Waals surface area contributed by atoms with Gasteiger partial charge >= 0.3 is 0 Å².